The average molecular weight is 259 g/mol. The van der Waals surface area contributed by atoms with Gasteiger partial charge in [-0.25, -0.2) is 0 Å². The SMILES string of the molecule is CCCC1(CNc2ccc(C(F)(F)F)nn2)CC1. The largest absolute Gasteiger partial charge is 0.435 e. The number of rotatable bonds is 5. The van der Waals surface area contributed by atoms with Crippen molar-refractivity contribution in [2.45, 2.75) is 38.8 Å². The maximum Gasteiger partial charge on any atom is 0.435 e. The number of nitrogens with one attached hydrogen (secondary N) is 1. The molecule has 1 saturated carbocycles. The van der Waals surface area contributed by atoms with Gasteiger partial charge in [0.25, 0.3) is 0 Å². The van der Waals surface area contributed by atoms with Crippen LogP contribution >= 0.6 is 0 Å². The highest BCUT2D eigenvalue weighted by molar-refractivity contribution is 5.34. The Labute approximate surface area is 104 Å². The quantitative estimate of drug-likeness (QED) is 0.879. The summed E-state index contributed by atoms with van der Waals surface area (Å²) in [7, 11) is 0. The van der Waals surface area contributed by atoms with Crippen molar-refractivity contribution in [2.75, 3.05) is 11.9 Å². The second-order valence-corrected chi connectivity index (χ2v) is 4.91. The van der Waals surface area contributed by atoms with E-state index in [1.807, 2.05) is 0 Å². The maximum atomic E-state index is 12.3. The van der Waals surface area contributed by atoms with E-state index in [-0.39, 0.29) is 0 Å². The number of alkyl halides is 3. The smallest absolute Gasteiger partial charge is 0.368 e. The van der Waals surface area contributed by atoms with Crippen LogP contribution in [0.3, 0.4) is 0 Å². The van der Waals surface area contributed by atoms with Crippen molar-refractivity contribution in [2.24, 2.45) is 5.41 Å². The number of aromatic nitrogens is 2. The number of nitrogens with zero attached hydrogens (tertiary/aromatic N) is 2. The van der Waals surface area contributed by atoms with Gasteiger partial charge in [0.1, 0.15) is 5.82 Å². The molecule has 0 aromatic carbocycles. The monoisotopic (exact) mass is 259 g/mol. The third-order valence-corrected chi connectivity index (χ3v) is 3.34. The molecule has 1 aromatic heterocycles. The topological polar surface area (TPSA) is 37.8 Å². The van der Waals surface area contributed by atoms with Crippen LogP contribution in [0.15, 0.2) is 12.1 Å². The van der Waals surface area contributed by atoms with E-state index in [9.17, 15) is 13.2 Å². The van der Waals surface area contributed by atoms with Gasteiger partial charge in [-0.05, 0) is 36.8 Å². The van der Waals surface area contributed by atoms with E-state index >= 15 is 0 Å². The lowest BCUT2D eigenvalue weighted by Crippen LogP contribution is -2.17. The van der Waals surface area contributed by atoms with Gasteiger partial charge in [0.05, 0.1) is 0 Å². The van der Waals surface area contributed by atoms with Gasteiger partial charge >= 0.3 is 6.18 Å². The summed E-state index contributed by atoms with van der Waals surface area (Å²) in [5.41, 5.74) is -0.623. The Hall–Kier alpha value is -1.33. The van der Waals surface area contributed by atoms with E-state index in [1.54, 1.807) is 0 Å². The summed E-state index contributed by atoms with van der Waals surface area (Å²) < 4.78 is 36.8. The minimum absolute atomic E-state index is 0.332. The van der Waals surface area contributed by atoms with Crippen LogP contribution in [0.5, 0.6) is 0 Å². The lowest BCUT2D eigenvalue weighted by molar-refractivity contribution is -0.141. The van der Waals surface area contributed by atoms with Gasteiger partial charge in [0.15, 0.2) is 5.69 Å². The molecule has 2 rings (SSSR count). The van der Waals surface area contributed by atoms with Gasteiger partial charge in [-0.15, -0.1) is 10.2 Å². The highest BCUT2D eigenvalue weighted by Gasteiger charge is 2.41. The van der Waals surface area contributed by atoms with Crippen LogP contribution in [0.1, 0.15) is 38.3 Å². The van der Waals surface area contributed by atoms with Gasteiger partial charge in [-0.1, -0.05) is 13.3 Å². The predicted molar refractivity (Wildman–Crippen MR) is 62.1 cm³/mol. The van der Waals surface area contributed by atoms with Crippen molar-refractivity contribution < 1.29 is 13.2 Å². The molecular formula is C12H16F3N3. The number of hydrogen-bond acceptors (Lipinski definition) is 3. The second-order valence-electron chi connectivity index (χ2n) is 4.91. The standard InChI is InChI=1S/C12H16F3N3/c1-2-5-11(6-7-11)8-16-10-4-3-9(17-18-10)12(13,14)15/h3-4H,2,5-8H2,1H3,(H,16,18). The zero-order valence-electron chi connectivity index (χ0n) is 10.2. The van der Waals surface area contributed by atoms with Gasteiger partial charge < -0.3 is 5.32 Å². The summed E-state index contributed by atoms with van der Waals surface area (Å²) in [6, 6.07) is 2.28. The molecule has 0 unspecified atom stereocenters. The predicted octanol–water partition coefficient (Wildman–Crippen LogP) is 3.49. The zero-order chi connectivity index (χ0) is 13.2. The molecule has 1 N–H and O–H groups in total. The molecule has 0 radical (unpaired) electrons. The molecule has 0 spiro atoms. The molecule has 0 bridgehead atoms. The van der Waals surface area contributed by atoms with E-state index in [4.69, 9.17) is 0 Å². The van der Waals surface area contributed by atoms with E-state index in [1.165, 1.54) is 18.9 Å². The molecule has 1 aromatic rings. The number of hydrogen-bond donors (Lipinski definition) is 1. The minimum Gasteiger partial charge on any atom is -0.368 e. The van der Waals surface area contributed by atoms with Crippen molar-refractivity contribution in [3.8, 4) is 0 Å². The Bertz CT molecular complexity index is 396. The molecule has 0 aliphatic heterocycles. The molecular weight excluding hydrogens is 243 g/mol. The van der Waals surface area contributed by atoms with Crippen LogP contribution in [0.25, 0.3) is 0 Å². The van der Waals surface area contributed by atoms with Crippen molar-refractivity contribution >= 4 is 5.82 Å². The molecule has 18 heavy (non-hydrogen) atoms. The normalized spacial score (nSPS) is 17.6. The first-order valence-corrected chi connectivity index (χ1v) is 6.10. The van der Waals surface area contributed by atoms with Crippen LogP contribution in [0.2, 0.25) is 0 Å². The molecule has 100 valence electrons. The summed E-state index contributed by atoms with van der Waals surface area (Å²) in [5.74, 6) is 0.408. The minimum atomic E-state index is -4.43. The van der Waals surface area contributed by atoms with Crippen LogP contribution in [0, 0.1) is 5.41 Å². The van der Waals surface area contributed by atoms with Crippen LogP contribution < -0.4 is 5.32 Å². The Balaban J connectivity index is 1.91. The summed E-state index contributed by atoms with van der Waals surface area (Å²) in [5, 5.41) is 9.80. The Morgan fingerprint density at radius 1 is 1.28 bits per heavy atom. The zero-order valence-corrected chi connectivity index (χ0v) is 10.2. The molecule has 1 heterocycles. The first kappa shape index (κ1) is 13.1. The van der Waals surface area contributed by atoms with Crippen molar-refractivity contribution in [1.82, 2.24) is 10.2 Å². The van der Waals surface area contributed by atoms with Gasteiger partial charge in [0, 0.05) is 6.54 Å². The summed E-state index contributed by atoms with van der Waals surface area (Å²) in [6.07, 6.45) is 0.212. The fraction of sp³-hybridized carbons (Fsp3) is 0.667. The fourth-order valence-corrected chi connectivity index (χ4v) is 2.08. The maximum absolute atomic E-state index is 12.3. The lowest BCUT2D eigenvalue weighted by Gasteiger charge is -2.15. The van der Waals surface area contributed by atoms with Crippen LogP contribution in [0.4, 0.5) is 19.0 Å². The summed E-state index contributed by atoms with van der Waals surface area (Å²) >= 11 is 0. The van der Waals surface area contributed by atoms with Gasteiger partial charge in [0.2, 0.25) is 0 Å². The highest BCUT2D eigenvalue weighted by atomic mass is 19.4. The fourth-order valence-electron chi connectivity index (χ4n) is 2.08. The molecule has 0 amide bonds. The highest BCUT2D eigenvalue weighted by Crippen LogP contribution is 2.49. The lowest BCUT2D eigenvalue weighted by atomic mass is 10.0. The van der Waals surface area contributed by atoms with Crippen molar-refractivity contribution in [1.29, 1.82) is 0 Å². The Kier molecular flexibility index (Phi) is 3.45. The van der Waals surface area contributed by atoms with E-state index in [2.05, 4.69) is 22.4 Å². The average Bonchev–Trinajstić information content (AvgIpc) is 3.07. The molecule has 1 aliphatic carbocycles. The number of anilines is 1. The van der Waals surface area contributed by atoms with Crippen molar-refractivity contribution in [3.63, 3.8) is 0 Å². The third-order valence-electron chi connectivity index (χ3n) is 3.34. The molecule has 1 aliphatic rings. The van der Waals surface area contributed by atoms with E-state index in [0.29, 0.717) is 11.2 Å². The first-order valence-electron chi connectivity index (χ1n) is 6.10. The van der Waals surface area contributed by atoms with Crippen molar-refractivity contribution in [3.05, 3.63) is 17.8 Å². The van der Waals surface area contributed by atoms with E-state index in [0.717, 1.165) is 25.5 Å². The third kappa shape index (κ3) is 3.11. The van der Waals surface area contributed by atoms with Gasteiger partial charge in [-0.2, -0.15) is 13.2 Å². The molecule has 3 nitrogen and oxygen atoms in total. The summed E-state index contributed by atoms with van der Waals surface area (Å²) in [6.45, 7) is 2.90. The second kappa shape index (κ2) is 4.74. The Morgan fingerprint density at radius 3 is 2.44 bits per heavy atom. The molecule has 1 fully saturated rings. The van der Waals surface area contributed by atoms with Crippen LogP contribution in [-0.2, 0) is 6.18 Å². The molecule has 0 saturated heterocycles. The Morgan fingerprint density at radius 2 is 2.00 bits per heavy atom. The molecule has 6 heteroatoms. The first-order chi connectivity index (χ1) is 8.45. The molecule has 0 atom stereocenters. The van der Waals surface area contributed by atoms with E-state index < -0.39 is 11.9 Å². The number of halogens is 3. The van der Waals surface area contributed by atoms with Crippen LogP contribution in [-0.4, -0.2) is 16.7 Å². The van der Waals surface area contributed by atoms with Gasteiger partial charge in [-0.3, -0.25) is 0 Å². The summed E-state index contributed by atoms with van der Waals surface area (Å²) in [4.78, 5) is 0.